The highest BCUT2D eigenvalue weighted by Gasteiger charge is 2.28. The highest BCUT2D eigenvalue weighted by atomic mass is 79.9. The summed E-state index contributed by atoms with van der Waals surface area (Å²) in [6.07, 6.45) is 3.23. The Balaban J connectivity index is 1.68. The van der Waals surface area contributed by atoms with E-state index >= 15 is 0 Å². The van der Waals surface area contributed by atoms with E-state index in [0.717, 1.165) is 17.3 Å². The molecule has 0 bridgehead atoms. The molecule has 0 unspecified atom stereocenters. The van der Waals surface area contributed by atoms with E-state index in [9.17, 15) is 14.4 Å². The summed E-state index contributed by atoms with van der Waals surface area (Å²) in [5.41, 5.74) is 0.444. The van der Waals surface area contributed by atoms with Crippen LogP contribution in [0.5, 0.6) is 0 Å². The molecule has 1 aliphatic rings. The van der Waals surface area contributed by atoms with Crippen molar-refractivity contribution >= 4 is 33.7 Å². The van der Waals surface area contributed by atoms with Gasteiger partial charge in [0, 0.05) is 16.1 Å². The highest BCUT2D eigenvalue weighted by Crippen LogP contribution is 2.29. The third kappa shape index (κ3) is 6.12. The van der Waals surface area contributed by atoms with Gasteiger partial charge < -0.3 is 15.4 Å². The fourth-order valence-electron chi connectivity index (χ4n) is 3.09. The maximum atomic E-state index is 12.0. The van der Waals surface area contributed by atoms with Crippen LogP contribution in [0, 0.1) is 11.8 Å². The first-order valence-electron chi connectivity index (χ1n) is 8.85. The number of hydrogen-bond acceptors (Lipinski definition) is 4. The molecule has 3 atom stereocenters. The van der Waals surface area contributed by atoms with Gasteiger partial charge in [-0.3, -0.25) is 14.4 Å². The lowest BCUT2D eigenvalue weighted by molar-refractivity contribution is -0.147. The van der Waals surface area contributed by atoms with Crippen molar-refractivity contribution in [2.45, 2.75) is 39.2 Å². The molecular formula is C19H25BrN2O4. The number of benzene rings is 1. The molecule has 0 heterocycles. The third-order valence-electron chi connectivity index (χ3n) is 4.92. The first-order valence-corrected chi connectivity index (χ1v) is 9.65. The van der Waals surface area contributed by atoms with E-state index in [-0.39, 0.29) is 31.0 Å². The Kier molecular flexibility index (Phi) is 7.63. The lowest BCUT2D eigenvalue weighted by Crippen LogP contribution is -2.45. The Labute approximate surface area is 162 Å². The zero-order chi connectivity index (χ0) is 19.1. The summed E-state index contributed by atoms with van der Waals surface area (Å²) >= 11 is 3.29. The molecule has 6 nitrogen and oxygen atoms in total. The van der Waals surface area contributed by atoms with Gasteiger partial charge in [0.1, 0.15) is 6.54 Å². The minimum atomic E-state index is -0.643. The zero-order valence-electron chi connectivity index (χ0n) is 15.1. The molecule has 0 saturated heterocycles. The van der Waals surface area contributed by atoms with Crippen molar-refractivity contribution in [3.63, 3.8) is 0 Å². The molecule has 0 aliphatic heterocycles. The van der Waals surface area contributed by atoms with Crippen molar-refractivity contribution < 1.29 is 19.1 Å². The molecule has 2 amide bonds. The zero-order valence-corrected chi connectivity index (χ0v) is 16.7. The number of rotatable bonds is 6. The average molecular weight is 425 g/mol. The molecule has 26 heavy (non-hydrogen) atoms. The van der Waals surface area contributed by atoms with Gasteiger partial charge in [-0.05, 0) is 42.5 Å². The van der Waals surface area contributed by atoms with Crippen LogP contribution in [0.4, 0.5) is 0 Å². The van der Waals surface area contributed by atoms with Gasteiger partial charge in [0.2, 0.25) is 0 Å². The van der Waals surface area contributed by atoms with Crippen LogP contribution in [0.25, 0.3) is 0 Å². The van der Waals surface area contributed by atoms with Gasteiger partial charge >= 0.3 is 5.97 Å². The Morgan fingerprint density at radius 2 is 1.85 bits per heavy atom. The Bertz CT molecular complexity index is 647. The van der Waals surface area contributed by atoms with Crippen molar-refractivity contribution in [3.05, 3.63) is 34.3 Å². The molecule has 0 aromatic heterocycles. The molecule has 0 radical (unpaired) electrons. The third-order valence-corrected chi connectivity index (χ3v) is 5.45. The minimum Gasteiger partial charge on any atom is -0.454 e. The van der Waals surface area contributed by atoms with E-state index < -0.39 is 5.97 Å². The van der Waals surface area contributed by atoms with Crippen LogP contribution in [-0.2, 0) is 14.3 Å². The second kappa shape index (κ2) is 9.71. The van der Waals surface area contributed by atoms with Crippen molar-refractivity contribution in [2.24, 2.45) is 11.8 Å². The van der Waals surface area contributed by atoms with E-state index in [1.54, 1.807) is 24.3 Å². The van der Waals surface area contributed by atoms with Crippen LogP contribution >= 0.6 is 15.9 Å². The van der Waals surface area contributed by atoms with Gasteiger partial charge in [0.15, 0.2) is 6.61 Å². The summed E-state index contributed by atoms with van der Waals surface area (Å²) in [6.45, 7) is 3.72. The van der Waals surface area contributed by atoms with E-state index in [1.165, 1.54) is 6.42 Å². The number of amides is 2. The van der Waals surface area contributed by atoms with E-state index in [2.05, 4.69) is 40.4 Å². The lowest BCUT2D eigenvalue weighted by atomic mass is 9.78. The maximum Gasteiger partial charge on any atom is 0.325 e. The molecule has 2 rings (SSSR count). The van der Waals surface area contributed by atoms with Gasteiger partial charge in [0.25, 0.3) is 11.8 Å². The Morgan fingerprint density at radius 3 is 2.54 bits per heavy atom. The van der Waals surface area contributed by atoms with Crippen molar-refractivity contribution in [1.82, 2.24) is 10.6 Å². The summed E-state index contributed by atoms with van der Waals surface area (Å²) in [6, 6.07) is 6.90. The van der Waals surface area contributed by atoms with Crippen LogP contribution in [0.1, 0.15) is 43.5 Å². The van der Waals surface area contributed by atoms with Crippen molar-refractivity contribution in [2.75, 3.05) is 13.2 Å². The predicted octanol–water partition coefficient (Wildman–Crippen LogP) is 2.66. The summed E-state index contributed by atoms with van der Waals surface area (Å²) in [7, 11) is 0. The van der Waals surface area contributed by atoms with Crippen LogP contribution in [0.15, 0.2) is 28.7 Å². The number of nitrogens with one attached hydrogen (secondary N) is 2. The topological polar surface area (TPSA) is 84.5 Å². The molecular weight excluding hydrogens is 400 g/mol. The summed E-state index contributed by atoms with van der Waals surface area (Å²) in [4.78, 5) is 35.6. The second-order valence-electron chi connectivity index (χ2n) is 6.79. The SMILES string of the molecule is C[C@@H]1[C@H](C)CCC[C@@H]1NC(=O)COC(=O)CNC(=O)c1ccc(Br)cc1. The quantitative estimate of drug-likeness (QED) is 0.687. The molecule has 1 saturated carbocycles. The minimum absolute atomic E-state index is 0.127. The monoisotopic (exact) mass is 424 g/mol. The van der Waals surface area contributed by atoms with Gasteiger partial charge in [-0.1, -0.05) is 42.6 Å². The van der Waals surface area contributed by atoms with Gasteiger partial charge in [-0.15, -0.1) is 0 Å². The highest BCUT2D eigenvalue weighted by molar-refractivity contribution is 9.10. The van der Waals surface area contributed by atoms with Gasteiger partial charge in [-0.2, -0.15) is 0 Å². The lowest BCUT2D eigenvalue weighted by Gasteiger charge is -2.34. The number of halogens is 1. The molecule has 1 fully saturated rings. The van der Waals surface area contributed by atoms with Crippen LogP contribution in [0.2, 0.25) is 0 Å². The maximum absolute atomic E-state index is 12.0. The number of carbonyl (C=O) groups excluding carboxylic acids is 3. The molecule has 0 spiro atoms. The average Bonchev–Trinajstić information content (AvgIpc) is 2.62. The van der Waals surface area contributed by atoms with E-state index in [4.69, 9.17) is 4.74 Å². The Hall–Kier alpha value is -1.89. The fourth-order valence-corrected chi connectivity index (χ4v) is 3.35. The Morgan fingerprint density at radius 1 is 1.15 bits per heavy atom. The number of hydrogen-bond donors (Lipinski definition) is 2. The van der Waals surface area contributed by atoms with E-state index in [0.29, 0.717) is 17.4 Å². The number of ether oxygens (including phenoxy) is 1. The number of carbonyl (C=O) groups is 3. The molecule has 1 aliphatic carbocycles. The summed E-state index contributed by atoms with van der Waals surface area (Å²) in [5, 5.41) is 5.42. The standard InChI is InChI=1S/C19H25BrN2O4/c1-12-4-3-5-16(13(12)2)22-17(23)11-26-18(24)10-21-19(25)14-6-8-15(20)9-7-14/h6-9,12-13,16H,3-5,10-11H2,1-2H3,(H,21,25)(H,22,23)/t12-,13-,16+/m1/s1. The van der Waals surface area contributed by atoms with E-state index in [1.807, 2.05) is 0 Å². The molecule has 142 valence electrons. The predicted molar refractivity (Wildman–Crippen MR) is 102 cm³/mol. The molecule has 1 aromatic rings. The van der Waals surface area contributed by atoms with Gasteiger partial charge in [0.05, 0.1) is 0 Å². The number of esters is 1. The first kappa shape index (κ1) is 20.4. The molecule has 2 N–H and O–H groups in total. The summed E-state index contributed by atoms with van der Waals surface area (Å²) < 4.78 is 5.80. The smallest absolute Gasteiger partial charge is 0.325 e. The fraction of sp³-hybridized carbons (Fsp3) is 0.526. The molecule has 7 heteroatoms. The van der Waals surface area contributed by atoms with Crippen LogP contribution in [-0.4, -0.2) is 37.0 Å². The summed E-state index contributed by atoms with van der Waals surface area (Å²) in [5.74, 6) is -0.331. The largest absolute Gasteiger partial charge is 0.454 e. The van der Waals surface area contributed by atoms with Crippen molar-refractivity contribution in [1.29, 1.82) is 0 Å². The van der Waals surface area contributed by atoms with Crippen LogP contribution < -0.4 is 10.6 Å². The van der Waals surface area contributed by atoms with Crippen molar-refractivity contribution in [3.8, 4) is 0 Å². The second-order valence-corrected chi connectivity index (χ2v) is 7.71. The first-order chi connectivity index (χ1) is 12.4. The molecule has 1 aromatic carbocycles. The van der Waals surface area contributed by atoms with Gasteiger partial charge in [-0.25, -0.2) is 0 Å². The van der Waals surface area contributed by atoms with Crippen LogP contribution in [0.3, 0.4) is 0 Å². The normalized spacial score (nSPS) is 22.3.